The molecule has 1 aliphatic carbocycles. The minimum absolute atomic E-state index is 0.278. The van der Waals surface area contributed by atoms with Crippen molar-refractivity contribution in [3.8, 4) is 0 Å². The van der Waals surface area contributed by atoms with E-state index in [2.05, 4.69) is 0 Å². The van der Waals surface area contributed by atoms with Crippen molar-refractivity contribution in [3.05, 3.63) is 0 Å². The van der Waals surface area contributed by atoms with Crippen LogP contribution in [0.15, 0.2) is 0 Å². The van der Waals surface area contributed by atoms with Gasteiger partial charge in [-0.2, -0.15) is 0 Å². The van der Waals surface area contributed by atoms with E-state index >= 15 is 0 Å². The Balaban J connectivity index is 2.01. The second kappa shape index (κ2) is 4.52. The first-order valence-corrected chi connectivity index (χ1v) is 6.19. The van der Waals surface area contributed by atoms with Gasteiger partial charge in [-0.05, 0) is 50.5 Å². The van der Waals surface area contributed by atoms with Crippen LogP contribution in [0.1, 0.15) is 32.1 Å². The molecule has 2 atom stereocenters. The van der Waals surface area contributed by atoms with E-state index in [9.17, 15) is 4.79 Å². The summed E-state index contributed by atoms with van der Waals surface area (Å²) in [5, 5.41) is 0. The highest BCUT2D eigenvalue weighted by Crippen LogP contribution is 2.44. The maximum atomic E-state index is 12.1. The molecule has 1 aliphatic heterocycles. The Morgan fingerprint density at radius 2 is 2.20 bits per heavy atom. The average molecular weight is 210 g/mol. The lowest BCUT2D eigenvalue weighted by Gasteiger charge is -2.34. The molecule has 0 aromatic heterocycles. The number of hydrogen-bond acceptors (Lipinski definition) is 2. The summed E-state index contributed by atoms with van der Waals surface area (Å²) in [6, 6.07) is 0. The standard InChI is InChI=1S/C12H22N2O/c1-14-8-2-3-11(12(14)15)10(6-7-13)9-4-5-9/h9-11H,2-8,13H2,1H3. The predicted octanol–water partition coefficient (Wildman–Crippen LogP) is 1.23. The van der Waals surface area contributed by atoms with Gasteiger partial charge in [-0.25, -0.2) is 0 Å². The van der Waals surface area contributed by atoms with Crippen molar-refractivity contribution in [1.82, 2.24) is 4.90 Å². The van der Waals surface area contributed by atoms with Gasteiger partial charge in [0.1, 0.15) is 0 Å². The highest BCUT2D eigenvalue weighted by atomic mass is 16.2. The number of carbonyl (C=O) groups is 1. The second-order valence-corrected chi connectivity index (χ2v) is 5.09. The fourth-order valence-corrected chi connectivity index (χ4v) is 2.94. The van der Waals surface area contributed by atoms with Crippen molar-refractivity contribution >= 4 is 5.91 Å². The van der Waals surface area contributed by atoms with Crippen LogP contribution in [0.25, 0.3) is 0 Å². The molecule has 0 bridgehead atoms. The average Bonchev–Trinajstić information content (AvgIpc) is 3.03. The highest BCUT2D eigenvalue weighted by molar-refractivity contribution is 5.79. The fraction of sp³-hybridized carbons (Fsp3) is 0.917. The molecule has 1 saturated heterocycles. The van der Waals surface area contributed by atoms with Gasteiger partial charge < -0.3 is 10.6 Å². The quantitative estimate of drug-likeness (QED) is 0.758. The molecule has 2 aliphatic rings. The summed E-state index contributed by atoms with van der Waals surface area (Å²) in [4.78, 5) is 14.0. The molecule has 15 heavy (non-hydrogen) atoms. The van der Waals surface area contributed by atoms with Gasteiger partial charge in [0, 0.05) is 19.5 Å². The second-order valence-electron chi connectivity index (χ2n) is 5.09. The van der Waals surface area contributed by atoms with Crippen LogP contribution < -0.4 is 5.73 Å². The zero-order chi connectivity index (χ0) is 10.8. The van der Waals surface area contributed by atoms with E-state index in [0.717, 1.165) is 31.8 Å². The van der Waals surface area contributed by atoms with Crippen molar-refractivity contribution < 1.29 is 4.79 Å². The van der Waals surface area contributed by atoms with Crippen molar-refractivity contribution in [2.24, 2.45) is 23.5 Å². The van der Waals surface area contributed by atoms with Crippen molar-refractivity contribution in [1.29, 1.82) is 0 Å². The number of hydrogen-bond donors (Lipinski definition) is 1. The van der Waals surface area contributed by atoms with Crippen LogP contribution in [-0.2, 0) is 4.79 Å². The molecule has 0 aromatic carbocycles. The van der Waals surface area contributed by atoms with Crippen LogP contribution in [0.2, 0.25) is 0 Å². The maximum absolute atomic E-state index is 12.1. The van der Waals surface area contributed by atoms with Gasteiger partial charge in [-0.3, -0.25) is 4.79 Å². The number of amides is 1. The molecule has 0 radical (unpaired) electrons. The predicted molar refractivity (Wildman–Crippen MR) is 60.2 cm³/mol. The third-order valence-corrected chi connectivity index (χ3v) is 3.95. The van der Waals surface area contributed by atoms with Crippen LogP contribution in [0, 0.1) is 17.8 Å². The molecule has 3 heteroatoms. The molecular formula is C12H22N2O. The Morgan fingerprint density at radius 1 is 1.47 bits per heavy atom. The lowest BCUT2D eigenvalue weighted by molar-refractivity contribution is -0.139. The van der Waals surface area contributed by atoms with E-state index in [1.807, 2.05) is 11.9 Å². The van der Waals surface area contributed by atoms with E-state index in [0.29, 0.717) is 11.8 Å². The molecule has 2 unspecified atom stereocenters. The van der Waals surface area contributed by atoms with Crippen LogP contribution in [0.4, 0.5) is 0 Å². The monoisotopic (exact) mass is 210 g/mol. The maximum Gasteiger partial charge on any atom is 0.225 e. The summed E-state index contributed by atoms with van der Waals surface area (Å²) in [5.74, 6) is 2.02. The molecule has 2 rings (SSSR count). The topological polar surface area (TPSA) is 46.3 Å². The van der Waals surface area contributed by atoms with Crippen LogP contribution in [-0.4, -0.2) is 30.9 Å². The first kappa shape index (κ1) is 10.9. The summed E-state index contributed by atoms with van der Waals surface area (Å²) >= 11 is 0. The van der Waals surface area contributed by atoms with Crippen LogP contribution >= 0.6 is 0 Å². The SMILES string of the molecule is CN1CCCC(C(CCN)C2CC2)C1=O. The number of nitrogens with two attached hydrogens (primary N) is 1. The Labute approximate surface area is 92.0 Å². The summed E-state index contributed by atoms with van der Waals surface area (Å²) in [6.07, 6.45) is 5.93. The molecular weight excluding hydrogens is 188 g/mol. The van der Waals surface area contributed by atoms with Gasteiger partial charge in [0.2, 0.25) is 5.91 Å². The molecule has 1 saturated carbocycles. The third-order valence-electron chi connectivity index (χ3n) is 3.95. The van der Waals surface area contributed by atoms with Gasteiger partial charge in [-0.15, -0.1) is 0 Å². The fourth-order valence-electron chi connectivity index (χ4n) is 2.94. The summed E-state index contributed by atoms with van der Waals surface area (Å²) < 4.78 is 0. The molecule has 3 nitrogen and oxygen atoms in total. The third kappa shape index (κ3) is 2.33. The number of likely N-dealkylation sites (tertiary alicyclic amines) is 1. The van der Waals surface area contributed by atoms with Gasteiger partial charge in [-0.1, -0.05) is 0 Å². The Morgan fingerprint density at radius 3 is 2.80 bits per heavy atom. The lowest BCUT2D eigenvalue weighted by atomic mass is 9.80. The Hall–Kier alpha value is -0.570. The van der Waals surface area contributed by atoms with E-state index in [-0.39, 0.29) is 5.92 Å². The normalized spacial score (nSPS) is 29.3. The molecule has 1 heterocycles. The van der Waals surface area contributed by atoms with Crippen molar-refractivity contribution in [2.75, 3.05) is 20.1 Å². The molecule has 0 spiro atoms. The minimum Gasteiger partial charge on any atom is -0.346 e. The first-order valence-electron chi connectivity index (χ1n) is 6.19. The lowest BCUT2D eigenvalue weighted by Crippen LogP contribution is -2.42. The Bertz CT molecular complexity index is 238. The summed E-state index contributed by atoms with van der Waals surface area (Å²) in [5.41, 5.74) is 5.66. The summed E-state index contributed by atoms with van der Waals surface area (Å²) in [6.45, 7) is 1.67. The van der Waals surface area contributed by atoms with Crippen molar-refractivity contribution in [3.63, 3.8) is 0 Å². The zero-order valence-electron chi connectivity index (χ0n) is 9.61. The number of piperidine rings is 1. The van der Waals surface area contributed by atoms with Crippen LogP contribution in [0.3, 0.4) is 0 Å². The zero-order valence-corrected chi connectivity index (χ0v) is 9.61. The number of nitrogens with zero attached hydrogens (tertiary/aromatic N) is 1. The van der Waals surface area contributed by atoms with E-state index in [4.69, 9.17) is 5.73 Å². The van der Waals surface area contributed by atoms with Crippen molar-refractivity contribution in [2.45, 2.75) is 32.1 Å². The van der Waals surface area contributed by atoms with Gasteiger partial charge in [0.15, 0.2) is 0 Å². The van der Waals surface area contributed by atoms with Gasteiger partial charge in [0.25, 0.3) is 0 Å². The van der Waals surface area contributed by atoms with Gasteiger partial charge in [0.05, 0.1) is 0 Å². The van der Waals surface area contributed by atoms with Gasteiger partial charge >= 0.3 is 0 Å². The first-order chi connectivity index (χ1) is 7.24. The molecule has 1 amide bonds. The number of rotatable bonds is 4. The van der Waals surface area contributed by atoms with E-state index < -0.39 is 0 Å². The van der Waals surface area contributed by atoms with E-state index in [1.54, 1.807) is 0 Å². The van der Waals surface area contributed by atoms with E-state index in [1.165, 1.54) is 19.3 Å². The Kier molecular flexibility index (Phi) is 3.29. The largest absolute Gasteiger partial charge is 0.346 e. The van der Waals surface area contributed by atoms with Crippen LogP contribution in [0.5, 0.6) is 0 Å². The minimum atomic E-state index is 0.278. The molecule has 2 fully saturated rings. The smallest absolute Gasteiger partial charge is 0.225 e. The highest BCUT2D eigenvalue weighted by Gasteiger charge is 2.40. The molecule has 2 N–H and O–H groups in total. The molecule has 86 valence electrons. The molecule has 0 aromatic rings. The number of carbonyl (C=O) groups excluding carboxylic acids is 1. The summed E-state index contributed by atoms with van der Waals surface area (Å²) in [7, 11) is 1.93.